The molecule has 0 aliphatic heterocycles. The summed E-state index contributed by atoms with van der Waals surface area (Å²) in [5.41, 5.74) is 2.24. The van der Waals surface area contributed by atoms with Gasteiger partial charge >= 0.3 is 0 Å². The van der Waals surface area contributed by atoms with Gasteiger partial charge < -0.3 is 0 Å². The molecule has 3 rings (SSSR count). The van der Waals surface area contributed by atoms with Gasteiger partial charge in [-0.3, -0.25) is 4.90 Å². The van der Waals surface area contributed by atoms with Crippen LogP contribution in [-0.2, 0) is 13.1 Å². The smallest absolute Gasteiger partial charge is 0.169 e. The van der Waals surface area contributed by atoms with Gasteiger partial charge in [-0.25, -0.2) is 9.07 Å². The molecule has 0 amide bonds. The summed E-state index contributed by atoms with van der Waals surface area (Å²) in [7, 11) is 0. The van der Waals surface area contributed by atoms with Crippen molar-refractivity contribution in [1.82, 2.24) is 25.1 Å². The Kier molecular flexibility index (Phi) is 6.29. The molecule has 0 bridgehead atoms. The molecule has 0 unspecified atom stereocenters. The minimum absolute atomic E-state index is 0.0886. The number of hydrogen-bond donors (Lipinski definition) is 0. The van der Waals surface area contributed by atoms with Crippen molar-refractivity contribution in [1.29, 1.82) is 0 Å². The topological polar surface area (TPSA) is 46.8 Å². The van der Waals surface area contributed by atoms with Gasteiger partial charge in [0.2, 0.25) is 0 Å². The highest BCUT2D eigenvalue weighted by Gasteiger charge is 2.28. The van der Waals surface area contributed by atoms with E-state index in [1.807, 2.05) is 10.7 Å². The van der Waals surface area contributed by atoms with E-state index in [0.29, 0.717) is 12.5 Å². The van der Waals surface area contributed by atoms with Crippen LogP contribution in [0.15, 0.2) is 54.6 Å². The van der Waals surface area contributed by atoms with Gasteiger partial charge in [-0.05, 0) is 46.1 Å². The van der Waals surface area contributed by atoms with Gasteiger partial charge in [0.05, 0.1) is 12.6 Å². The Bertz CT molecular complexity index is 829. The summed E-state index contributed by atoms with van der Waals surface area (Å²) in [6, 6.07) is 17.0. The first kappa shape index (κ1) is 19.2. The first-order chi connectivity index (χ1) is 13.1. The Morgan fingerprint density at radius 2 is 1.70 bits per heavy atom. The van der Waals surface area contributed by atoms with Crippen LogP contribution in [-0.4, -0.2) is 31.7 Å². The highest BCUT2D eigenvalue weighted by Crippen LogP contribution is 2.28. The van der Waals surface area contributed by atoms with E-state index in [2.05, 4.69) is 65.5 Å². The lowest BCUT2D eigenvalue weighted by molar-refractivity contribution is 0.142. The Balaban J connectivity index is 1.86. The van der Waals surface area contributed by atoms with Crippen LogP contribution >= 0.6 is 0 Å². The van der Waals surface area contributed by atoms with Gasteiger partial charge in [0.25, 0.3) is 0 Å². The van der Waals surface area contributed by atoms with E-state index in [9.17, 15) is 4.39 Å². The maximum Gasteiger partial charge on any atom is 0.169 e. The summed E-state index contributed by atoms with van der Waals surface area (Å²) in [4.78, 5) is 2.40. The number of aromatic nitrogens is 4. The van der Waals surface area contributed by atoms with Gasteiger partial charge in [0.15, 0.2) is 5.82 Å². The van der Waals surface area contributed by atoms with Crippen molar-refractivity contribution in [2.45, 2.75) is 39.9 Å². The fourth-order valence-electron chi connectivity index (χ4n) is 3.41. The van der Waals surface area contributed by atoms with Gasteiger partial charge in [-0.2, -0.15) is 0 Å². The average molecular weight is 367 g/mol. The van der Waals surface area contributed by atoms with Gasteiger partial charge in [0.1, 0.15) is 5.82 Å². The summed E-state index contributed by atoms with van der Waals surface area (Å²) in [5, 5.41) is 12.5. The molecule has 5 nitrogen and oxygen atoms in total. The lowest BCUT2D eigenvalue weighted by Gasteiger charge is -2.32. The Morgan fingerprint density at radius 1 is 1.00 bits per heavy atom. The zero-order chi connectivity index (χ0) is 19.2. The Morgan fingerprint density at radius 3 is 2.33 bits per heavy atom. The van der Waals surface area contributed by atoms with E-state index < -0.39 is 0 Å². The second-order valence-electron chi connectivity index (χ2n) is 7.06. The fourth-order valence-corrected chi connectivity index (χ4v) is 3.41. The Hall–Kier alpha value is -2.60. The van der Waals surface area contributed by atoms with E-state index in [-0.39, 0.29) is 11.9 Å². The van der Waals surface area contributed by atoms with Crippen LogP contribution < -0.4 is 0 Å². The van der Waals surface area contributed by atoms with Crippen LogP contribution in [0.2, 0.25) is 0 Å². The molecule has 0 spiro atoms. The molecule has 6 heteroatoms. The molecule has 0 saturated carbocycles. The molecule has 0 saturated heterocycles. The number of nitrogens with zero attached hydrogens (tertiary/aromatic N) is 5. The van der Waals surface area contributed by atoms with E-state index in [1.165, 1.54) is 17.7 Å². The molecule has 0 N–H and O–H groups in total. The number of halogens is 1. The standard InChI is InChI=1S/C21H26FN5/c1-4-26(14-17-8-6-5-7-9-17)20(16(2)3)21-23-24-25-27(21)15-18-10-12-19(22)13-11-18/h5-13,16,20H,4,14-15H2,1-3H3/t20-/m0/s1. The van der Waals surface area contributed by atoms with Gasteiger partial charge in [-0.1, -0.05) is 63.2 Å². The molecule has 1 aromatic heterocycles. The van der Waals surface area contributed by atoms with Gasteiger partial charge in [0, 0.05) is 6.54 Å². The third-order valence-corrected chi connectivity index (χ3v) is 4.73. The predicted octanol–water partition coefficient (Wildman–Crippen LogP) is 4.08. The lowest BCUT2D eigenvalue weighted by atomic mass is 10.0. The Labute approximate surface area is 159 Å². The first-order valence-corrected chi connectivity index (χ1v) is 9.37. The van der Waals surface area contributed by atoms with E-state index in [0.717, 1.165) is 24.5 Å². The monoisotopic (exact) mass is 367 g/mol. The second-order valence-corrected chi connectivity index (χ2v) is 7.06. The molecule has 2 aromatic carbocycles. The third-order valence-electron chi connectivity index (χ3n) is 4.73. The van der Waals surface area contributed by atoms with Crippen molar-refractivity contribution < 1.29 is 4.39 Å². The zero-order valence-corrected chi connectivity index (χ0v) is 16.1. The molecule has 1 atom stereocenters. The van der Waals surface area contributed by atoms with Crippen LogP contribution in [0.25, 0.3) is 0 Å². The largest absolute Gasteiger partial charge is 0.289 e. The maximum absolute atomic E-state index is 13.2. The number of rotatable bonds is 8. The van der Waals surface area contributed by atoms with E-state index in [1.54, 1.807) is 12.1 Å². The van der Waals surface area contributed by atoms with Crippen molar-refractivity contribution in [2.24, 2.45) is 5.92 Å². The number of tetrazole rings is 1. The van der Waals surface area contributed by atoms with Crippen LogP contribution in [0.3, 0.4) is 0 Å². The quantitative estimate of drug-likeness (QED) is 0.602. The molecule has 3 aromatic rings. The highest BCUT2D eigenvalue weighted by molar-refractivity contribution is 5.17. The van der Waals surface area contributed by atoms with Crippen molar-refractivity contribution >= 4 is 0 Å². The van der Waals surface area contributed by atoms with Crippen molar-refractivity contribution in [2.75, 3.05) is 6.54 Å². The summed E-state index contributed by atoms with van der Waals surface area (Å²) in [5.74, 6) is 0.939. The average Bonchev–Trinajstić information content (AvgIpc) is 3.11. The molecule has 0 radical (unpaired) electrons. The predicted molar refractivity (Wildman–Crippen MR) is 103 cm³/mol. The molecule has 27 heavy (non-hydrogen) atoms. The molecular weight excluding hydrogens is 341 g/mol. The van der Waals surface area contributed by atoms with Crippen molar-refractivity contribution in [3.05, 3.63) is 77.4 Å². The molecule has 0 fully saturated rings. The second kappa shape index (κ2) is 8.86. The van der Waals surface area contributed by atoms with Crippen molar-refractivity contribution in [3.8, 4) is 0 Å². The molecule has 142 valence electrons. The summed E-state index contributed by atoms with van der Waals surface area (Å²) >= 11 is 0. The fraction of sp³-hybridized carbons (Fsp3) is 0.381. The van der Waals surface area contributed by atoms with Crippen LogP contribution in [0.5, 0.6) is 0 Å². The zero-order valence-electron chi connectivity index (χ0n) is 16.1. The molecule has 0 aliphatic rings. The first-order valence-electron chi connectivity index (χ1n) is 9.37. The maximum atomic E-state index is 13.2. The van der Waals surface area contributed by atoms with Crippen molar-refractivity contribution in [3.63, 3.8) is 0 Å². The summed E-state index contributed by atoms with van der Waals surface area (Å²) in [6.07, 6.45) is 0. The van der Waals surface area contributed by atoms with Crippen LogP contribution in [0.1, 0.15) is 43.8 Å². The van der Waals surface area contributed by atoms with E-state index in [4.69, 9.17) is 0 Å². The number of hydrogen-bond acceptors (Lipinski definition) is 4. The lowest BCUT2D eigenvalue weighted by Crippen LogP contribution is -2.34. The van der Waals surface area contributed by atoms with Crippen LogP contribution in [0.4, 0.5) is 4.39 Å². The third kappa shape index (κ3) is 4.77. The minimum atomic E-state index is -0.240. The summed E-state index contributed by atoms with van der Waals surface area (Å²) in [6.45, 7) is 8.79. The van der Waals surface area contributed by atoms with Gasteiger partial charge in [-0.15, -0.1) is 5.10 Å². The number of benzene rings is 2. The molecule has 1 heterocycles. The molecular formula is C21H26FN5. The normalized spacial score (nSPS) is 12.7. The SMILES string of the molecule is CCN(Cc1ccccc1)[C@H](c1nnnn1Cc1ccc(F)cc1)C(C)C. The minimum Gasteiger partial charge on any atom is -0.289 e. The highest BCUT2D eigenvalue weighted by atomic mass is 19.1. The summed E-state index contributed by atoms with van der Waals surface area (Å²) < 4.78 is 15.0. The van der Waals surface area contributed by atoms with E-state index >= 15 is 0 Å². The van der Waals surface area contributed by atoms with Crippen LogP contribution in [0, 0.1) is 11.7 Å². The molecule has 0 aliphatic carbocycles.